The van der Waals surface area contributed by atoms with Gasteiger partial charge in [-0.3, -0.25) is 14.2 Å². The van der Waals surface area contributed by atoms with Gasteiger partial charge >= 0.3 is 0 Å². The average Bonchev–Trinajstić information content (AvgIpc) is 2.36. The number of halogens is 1. The number of benzene rings is 1. The molecule has 20 heavy (non-hydrogen) atoms. The van der Waals surface area contributed by atoms with Crippen LogP contribution < -0.4 is 5.56 Å². The van der Waals surface area contributed by atoms with Crippen LogP contribution in [-0.4, -0.2) is 15.3 Å². The van der Waals surface area contributed by atoms with Crippen LogP contribution in [0, 0.1) is 19.7 Å². The first-order chi connectivity index (χ1) is 9.47. The minimum atomic E-state index is -0.410. The first kappa shape index (κ1) is 14.1. The summed E-state index contributed by atoms with van der Waals surface area (Å²) in [5.41, 5.74) is 0.686. The number of aromatic nitrogens is 2. The van der Waals surface area contributed by atoms with Crippen molar-refractivity contribution in [3.05, 3.63) is 63.6 Å². The molecule has 1 aromatic carbocycles. The van der Waals surface area contributed by atoms with E-state index in [1.54, 1.807) is 32.0 Å². The summed E-state index contributed by atoms with van der Waals surface area (Å²) < 4.78 is 14.8. The van der Waals surface area contributed by atoms with Crippen LogP contribution in [0.1, 0.15) is 17.1 Å². The first-order valence-corrected chi connectivity index (χ1v) is 6.27. The Morgan fingerprint density at radius 3 is 2.65 bits per heavy atom. The maximum Gasteiger partial charge on any atom is 0.254 e. The van der Waals surface area contributed by atoms with E-state index in [1.807, 2.05) is 0 Å². The highest BCUT2D eigenvalue weighted by Crippen LogP contribution is 2.08. The van der Waals surface area contributed by atoms with Crippen LogP contribution in [0.15, 0.2) is 35.1 Å². The van der Waals surface area contributed by atoms with Crippen LogP contribution in [0.4, 0.5) is 4.39 Å². The van der Waals surface area contributed by atoms with Crippen molar-refractivity contribution in [2.45, 2.75) is 26.8 Å². The molecule has 0 spiro atoms. The van der Waals surface area contributed by atoms with E-state index in [4.69, 9.17) is 0 Å². The molecule has 0 aliphatic carbocycles. The fraction of sp³-hybridized carbons (Fsp3) is 0.267. The lowest BCUT2D eigenvalue weighted by Gasteiger charge is -2.09. The summed E-state index contributed by atoms with van der Waals surface area (Å²) in [7, 11) is 0. The Balaban J connectivity index is 2.17. The topological polar surface area (TPSA) is 52.0 Å². The molecule has 0 aliphatic rings. The van der Waals surface area contributed by atoms with Gasteiger partial charge in [-0.15, -0.1) is 0 Å². The summed E-state index contributed by atoms with van der Waals surface area (Å²) in [6.07, 6.45) is -0.0353. The van der Waals surface area contributed by atoms with Gasteiger partial charge in [-0.25, -0.2) is 9.37 Å². The third kappa shape index (κ3) is 3.17. The number of carbonyl (C=O) groups is 1. The van der Waals surface area contributed by atoms with Crippen LogP contribution >= 0.6 is 0 Å². The molecule has 0 bridgehead atoms. The highest BCUT2D eigenvalue weighted by atomic mass is 19.1. The largest absolute Gasteiger partial charge is 0.297 e. The summed E-state index contributed by atoms with van der Waals surface area (Å²) in [5, 5.41) is 0. The van der Waals surface area contributed by atoms with Crippen molar-refractivity contribution in [1.82, 2.24) is 9.55 Å². The molecule has 0 radical (unpaired) electrons. The van der Waals surface area contributed by atoms with E-state index < -0.39 is 5.82 Å². The van der Waals surface area contributed by atoms with Crippen LogP contribution in [0.5, 0.6) is 0 Å². The highest BCUT2D eigenvalue weighted by Gasteiger charge is 2.11. The molecule has 0 saturated carbocycles. The molecule has 2 rings (SSSR count). The predicted molar refractivity (Wildman–Crippen MR) is 73.1 cm³/mol. The zero-order valence-electron chi connectivity index (χ0n) is 11.4. The SMILES string of the molecule is Cc1cc(=O)n(CC(=O)Cc2ccccc2F)c(C)n1. The molecular formula is C15H15FN2O2. The van der Waals surface area contributed by atoms with Gasteiger partial charge in [0.15, 0.2) is 5.78 Å². The van der Waals surface area contributed by atoms with Crippen molar-refractivity contribution in [3.63, 3.8) is 0 Å². The Kier molecular flexibility index (Phi) is 4.08. The van der Waals surface area contributed by atoms with Gasteiger partial charge in [0.25, 0.3) is 5.56 Å². The Bertz CT molecular complexity index is 707. The normalized spacial score (nSPS) is 10.6. The Hall–Kier alpha value is -2.30. The minimum absolute atomic E-state index is 0.0353. The van der Waals surface area contributed by atoms with E-state index in [9.17, 15) is 14.0 Å². The summed E-state index contributed by atoms with van der Waals surface area (Å²) >= 11 is 0. The lowest BCUT2D eigenvalue weighted by molar-refractivity contribution is -0.119. The fourth-order valence-corrected chi connectivity index (χ4v) is 2.04. The van der Waals surface area contributed by atoms with Gasteiger partial charge in [-0.1, -0.05) is 18.2 Å². The second-order valence-electron chi connectivity index (χ2n) is 4.68. The molecule has 0 saturated heterocycles. The zero-order valence-corrected chi connectivity index (χ0v) is 11.4. The lowest BCUT2D eigenvalue weighted by Crippen LogP contribution is -2.28. The number of rotatable bonds is 4. The Morgan fingerprint density at radius 2 is 2.00 bits per heavy atom. The number of carbonyl (C=O) groups excluding carboxylic acids is 1. The monoisotopic (exact) mass is 274 g/mol. The van der Waals surface area contributed by atoms with Crippen LogP contribution in [0.3, 0.4) is 0 Å². The van der Waals surface area contributed by atoms with Gasteiger partial charge in [0.1, 0.15) is 11.6 Å². The molecule has 0 amide bonds. The molecule has 4 nitrogen and oxygen atoms in total. The second kappa shape index (κ2) is 5.77. The summed E-state index contributed by atoms with van der Waals surface area (Å²) in [6, 6.07) is 7.51. The van der Waals surface area contributed by atoms with Crippen molar-refractivity contribution in [1.29, 1.82) is 0 Å². The summed E-state index contributed by atoms with van der Waals surface area (Å²) in [5.74, 6) is -0.158. The van der Waals surface area contributed by atoms with E-state index >= 15 is 0 Å². The Labute approximate surface area is 115 Å². The molecule has 5 heteroatoms. The van der Waals surface area contributed by atoms with Crippen molar-refractivity contribution in [2.24, 2.45) is 0 Å². The highest BCUT2D eigenvalue weighted by molar-refractivity contribution is 5.80. The van der Waals surface area contributed by atoms with E-state index in [2.05, 4.69) is 4.98 Å². The summed E-state index contributed by atoms with van der Waals surface area (Å²) in [4.78, 5) is 27.9. The van der Waals surface area contributed by atoms with Gasteiger partial charge in [-0.2, -0.15) is 0 Å². The maximum atomic E-state index is 13.5. The molecule has 1 heterocycles. The molecule has 0 aliphatic heterocycles. The van der Waals surface area contributed by atoms with Gasteiger partial charge in [0.05, 0.1) is 6.54 Å². The van der Waals surface area contributed by atoms with Gasteiger partial charge in [0, 0.05) is 18.2 Å². The minimum Gasteiger partial charge on any atom is -0.297 e. The first-order valence-electron chi connectivity index (χ1n) is 6.27. The number of ketones is 1. The maximum absolute atomic E-state index is 13.5. The number of hydrogen-bond acceptors (Lipinski definition) is 3. The van der Waals surface area contributed by atoms with E-state index in [0.717, 1.165) is 0 Å². The molecule has 0 atom stereocenters. The van der Waals surface area contributed by atoms with Gasteiger partial charge in [-0.05, 0) is 25.5 Å². The van der Waals surface area contributed by atoms with Crippen molar-refractivity contribution in [3.8, 4) is 0 Å². The molecule has 0 unspecified atom stereocenters. The van der Waals surface area contributed by atoms with Crippen molar-refractivity contribution < 1.29 is 9.18 Å². The molecule has 2 aromatic rings. The van der Waals surface area contributed by atoms with Crippen LogP contribution in [0.25, 0.3) is 0 Å². The Morgan fingerprint density at radius 1 is 1.30 bits per heavy atom. The standard InChI is InChI=1S/C15H15FN2O2/c1-10-7-15(20)18(11(2)17-10)9-13(19)8-12-5-3-4-6-14(12)16/h3-7H,8-9H2,1-2H3. The van der Waals surface area contributed by atoms with Crippen molar-refractivity contribution >= 4 is 5.78 Å². The zero-order chi connectivity index (χ0) is 14.7. The molecular weight excluding hydrogens is 259 g/mol. The van der Waals surface area contributed by atoms with E-state index in [0.29, 0.717) is 17.1 Å². The van der Waals surface area contributed by atoms with Crippen LogP contribution in [0.2, 0.25) is 0 Å². The molecule has 1 aromatic heterocycles. The van der Waals surface area contributed by atoms with E-state index in [1.165, 1.54) is 16.7 Å². The third-order valence-electron chi connectivity index (χ3n) is 3.01. The van der Waals surface area contributed by atoms with Crippen molar-refractivity contribution in [2.75, 3.05) is 0 Å². The van der Waals surface area contributed by atoms with Gasteiger partial charge in [0.2, 0.25) is 0 Å². The second-order valence-corrected chi connectivity index (χ2v) is 4.68. The number of aryl methyl sites for hydroxylation is 2. The smallest absolute Gasteiger partial charge is 0.254 e. The number of Topliss-reactive ketones (excluding diaryl/α,β-unsaturated/α-hetero) is 1. The fourth-order valence-electron chi connectivity index (χ4n) is 2.04. The molecule has 104 valence electrons. The molecule has 0 N–H and O–H groups in total. The van der Waals surface area contributed by atoms with Crippen LogP contribution in [-0.2, 0) is 17.8 Å². The number of hydrogen-bond donors (Lipinski definition) is 0. The molecule has 0 fully saturated rings. The third-order valence-corrected chi connectivity index (χ3v) is 3.01. The van der Waals surface area contributed by atoms with Gasteiger partial charge < -0.3 is 0 Å². The quantitative estimate of drug-likeness (QED) is 0.854. The number of nitrogens with zero attached hydrogens (tertiary/aromatic N) is 2. The average molecular weight is 274 g/mol. The van der Waals surface area contributed by atoms with E-state index in [-0.39, 0.29) is 24.3 Å². The lowest BCUT2D eigenvalue weighted by atomic mass is 10.1. The predicted octanol–water partition coefficient (Wildman–Crippen LogP) is 1.81. The summed E-state index contributed by atoms with van der Waals surface area (Å²) in [6.45, 7) is 3.30.